The van der Waals surface area contributed by atoms with E-state index in [0.717, 1.165) is 29.7 Å². The van der Waals surface area contributed by atoms with E-state index in [1.807, 2.05) is 31.2 Å². The second-order valence-electron chi connectivity index (χ2n) is 6.57. The molecule has 0 unspecified atom stereocenters. The first-order chi connectivity index (χ1) is 14.2. The fourth-order valence-electron chi connectivity index (χ4n) is 2.81. The number of carbonyl (C=O) groups excluding carboxylic acids is 1. The van der Waals surface area contributed by atoms with E-state index in [1.54, 1.807) is 36.4 Å². The molecule has 0 heterocycles. The van der Waals surface area contributed by atoms with Crippen molar-refractivity contribution in [3.63, 3.8) is 0 Å². The highest BCUT2D eigenvalue weighted by molar-refractivity contribution is 5.91. The molecule has 3 aromatic carbocycles. The highest BCUT2D eigenvalue weighted by Gasteiger charge is 2.08. The van der Waals surface area contributed by atoms with Crippen LogP contribution in [0.25, 0.3) is 0 Å². The Balaban J connectivity index is 1.61. The lowest BCUT2D eigenvalue weighted by atomic mass is 10.1. The highest BCUT2D eigenvalue weighted by atomic mass is 16.5. The van der Waals surface area contributed by atoms with Crippen LogP contribution in [0.5, 0.6) is 11.5 Å². The minimum Gasteiger partial charge on any atom is -0.494 e. The lowest BCUT2D eigenvalue weighted by Gasteiger charge is -2.06. The van der Waals surface area contributed by atoms with Gasteiger partial charge in [-0.1, -0.05) is 37.3 Å². The van der Waals surface area contributed by atoms with Gasteiger partial charge in [-0.05, 0) is 79.6 Å². The van der Waals surface area contributed by atoms with Crippen molar-refractivity contribution in [3.05, 3.63) is 95.1 Å². The van der Waals surface area contributed by atoms with E-state index in [2.05, 4.69) is 30.9 Å². The van der Waals surface area contributed by atoms with Gasteiger partial charge in [0.15, 0.2) is 0 Å². The normalized spacial score (nSPS) is 10.0. The third kappa shape index (κ3) is 5.99. The number of ether oxygens (including phenoxy) is 2. The zero-order valence-corrected chi connectivity index (χ0v) is 16.8. The van der Waals surface area contributed by atoms with Gasteiger partial charge in [0.2, 0.25) is 0 Å². The van der Waals surface area contributed by atoms with Gasteiger partial charge in [-0.15, -0.1) is 0 Å². The predicted molar refractivity (Wildman–Crippen MR) is 115 cm³/mol. The number of rotatable bonds is 6. The molecule has 3 rings (SSSR count). The van der Waals surface area contributed by atoms with Gasteiger partial charge in [-0.25, -0.2) is 4.79 Å². The van der Waals surface area contributed by atoms with Gasteiger partial charge in [0, 0.05) is 11.1 Å². The van der Waals surface area contributed by atoms with Crippen LogP contribution >= 0.6 is 0 Å². The second-order valence-corrected chi connectivity index (χ2v) is 6.57. The van der Waals surface area contributed by atoms with E-state index in [4.69, 9.17) is 9.47 Å². The van der Waals surface area contributed by atoms with Crippen LogP contribution in [0.4, 0.5) is 0 Å². The third-order valence-electron chi connectivity index (χ3n) is 4.31. The Kier molecular flexibility index (Phi) is 7.08. The summed E-state index contributed by atoms with van der Waals surface area (Å²) < 4.78 is 10.8. The third-order valence-corrected chi connectivity index (χ3v) is 4.31. The molecule has 29 heavy (non-hydrogen) atoms. The van der Waals surface area contributed by atoms with Crippen molar-refractivity contribution in [2.75, 3.05) is 6.61 Å². The van der Waals surface area contributed by atoms with Gasteiger partial charge in [-0.3, -0.25) is 0 Å². The van der Waals surface area contributed by atoms with Crippen LogP contribution in [0.3, 0.4) is 0 Å². The summed E-state index contributed by atoms with van der Waals surface area (Å²) in [4.78, 5) is 12.3. The molecule has 0 aliphatic rings. The summed E-state index contributed by atoms with van der Waals surface area (Å²) in [5.41, 5.74) is 3.63. The van der Waals surface area contributed by atoms with Gasteiger partial charge >= 0.3 is 5.97 Å². The molecule has 0 aliphatic carbocycles. The van der Waals surface area contributed by atoms with Crippen LogP contribution < -0.4 is 9.47 Å². The molecule has 3 nitrogen and oxygen atoms in total. The highest BCUT2D eigenvalue weighted by Crippen LogP contribution is 2.19. The molecule has 0 radical (unpaired) electrons. The molecule has 0 N–H and O–H groups in total. The average Bonchev–Trinajstić information content (AvgIpc) is 2.75. The largest absolute Gasteiger partial charge is 0.494 e. The number of hydrogen-bond donors (Lipinski definition) is 0. The van der Waals surface area contributed by atoms with E-state index in [0.29, 0.717) is 17.9 Å². The summed E-state index contributed by atoms with van der Waals surface area (Å²) >= 11 is 0. The fourth-order valence-corrected chi connectivity index (χ4v) is 2.81. The van der Waals surface area contributed by atoms with E-state index in [-0.39, 0.29) is 0 Å². The first-order valence-electron chi connectivity index (χ1n) is 9.84. The Bertz CT molecular complexity index is 989. The number of esters is 1. The molecule has 3 heteroatoms. The minimum atomic E-state index is -0.403. The van der Waals surface area contributed by atoms with Crippen LogP contribution in [0.2, 0.25) is 0 Å². The lowest BCUT2D eigenvalue weighted by Crippen LogP contribution is -2.08. The Hall–Kier alpha value is -3.51. The molecule has 3 aromatic rings. The maximum atomic E-state index is 12.3. The topological polar surface area (TPSA) is 35.5 Å². The molecular formula is C26H24O3. The fraction of sp³-hybridized carbons (Fsp3) is 0.192. The zero-order valence-electron chi connectivity index (χ0n) is 16.8. The quantitative estimate of drug-likeness (QED) is 0.313. The summed E-state index contributed by atoms with van der Waals surface area (Å²) in [6.45, 7) is 4.69. The molecule has 0 bridgehead atoms. The number of aryl methyl sites for hydroxylation is 1. The van der Waals surface area contributed by atoms with Crippen molar-refractivity contribution in [1.29, 1.82) is 0 Å². The lowest BCUT2D eigenvalue weighted by molar-refractivity contribution is 0.0734. The molecular weight excluding hydrogens is 360 g/mol. The maximum Gasteiger partial charge on any atom is 0.343 e. The molecule has 0 aliphatic heterocycles. The second kappa shape index (κ2) is 10.1. The standard InChI is InChI=1S/C26H24O3/c1-3-5-20-6-8-21(9-7-20)10-11-22-12-14-23(15-13-22)26(27)29-25-18-16-24(17-19-25)28-4-2/h6-9,12-19H,3-5H2,1-2H3. The van der Waals surface area contributed by atoms with E-state index in [9.17, 15) is 4.79 Å². The molecule has 0 fully saturated rings. The SMILES string of the molecule is CCCc1ccc(C#Cc2ccc(C(=O)Oc3ccc(OCC)cc3)cc2)cc1. The first kappa shape index (κ1) is 20.2. The first-order valence-corrected chi connectivity index (χ1v) is 9.84. The van der Waals surface area contributed by atoms with Gasteiger partial charge in [-0.2, -0.15) is 0 Å². The predicted octanol–water partition coefficient (Wildman–Crippen LogP) is 5.66. The van der Waals surface area contributed by atoms with Crippen LogP contribution in [0.1, 0.15) is 47.3 Å². The zero-order chi connectivity index (χ0) is 20.5. The number of hydrogen-bond acceptors (Lipinski definition) is 3. The Morgan fingerprint density at radius 2 is 1.31 bits per heavy atom. The smallest absolute Gasteiger partial charge is 0.343 e. The van der Waals surface area contributed by atoms with Crippen LogP contribution in [0, 0.1) is 11.8 Å². The molecule has 0 saturated heterocycles. The van der Waals surface area contributed by atoms with E-state index >= 15 is 0 Å². The van der Waals surface area contributed by atoms with Crippen LogP contribution in [-0.4, -0.2) is 12.6 Å². The van der Waals surface area contributed by atoms with Gasteiger partial charge in [0.25, 0.3) is 0 Å². The Labute approximate surface area is 172 Å². The molecule has 0 spiro atoms. The molecule has 0 aromatic heterocycles. The van der Waals surface area contributed by atoms with Gasteiger partial charge < -0.3 is 9.47 Å². The van der Waals surface area contributed by atoms with Crippen molar-refractivity contribution in [1.82, 2.24) is 0 Å². The van der Waals surface area contributed by atoms with Crippen molar-refractivity contribution >= 4 is 5.97 Å². The molecule has 146 valence electrons. The van der Waals surface area contributed by atoms with Gasteiger partial charge in [0.1, 0.15) is 11.5 Å². The Morgan fingerprint density at radius 1 is 0.759 bits per heavy atom. The molecule has 0 amide bonds. The molecule has 0 saturated carbocycles. The maximum absolute atomic E-state index is 12.3. The van der Waals surface area contributed by atoms with Gasteiger partial charge in [0.05, 0.1) is 12.2 Å². The summed E-state index contributed by atoms with van der Waals surface area (Å²) in [5.74, 6) is 7.11. The van der Waals surface area contributed by atoms with E-state index < -0.39 is 5.97 Å². The van der Waals surface area contributed by atoms with Crippen molar-refractivity contribution in [3.8, 4) is 23.3 Å². The number of benzene rings is 3. The summed E-state index contributed by atoms with van der Waals surface area (Å²) in [6.07, 6.45) is 2.22. The molecule has 0 atom stereocenters. The summed E-state index contributed by atoms with van der Waals surface area (Å²) in [6, 6.07) is 22.4. The van der Waals surface area contributed by atoms with Crippen LogP contribution in [0.15, 0.2) is 72.8 Å². The Morgan fingerprint density at radius 3 is 1.86 bits per heavy atom. The summed E-state index contributed by atoms with van der Waals surface area (Å²) in [5, 5.41) is 0. The van der Waals surface area contributed by atoms with Crippen molar-refractivity contribution in [2.24, 2.45) is 0 Å². The monoisotopic (exact) mass is 384 g/mol. The van der Waals surface area contributed by atoms with Crippen LogP contribution in [-0.2, 0) is 6.42 Å². The van der Waals surface area contributed by atoms with E-state index in [1.165, 1.54) is 5.56 Å². The van der Waals surface area contributed by atoms with Crippen molar-refractivity contribution < 1.29 is 14.3 Å². The number of carbonyl (C=O) groups is 1. The summed E-state index contributed by atoms with van der Waals surface area (Å²) in [7, 11) is 0. The van der Waals surface area contributed by atoms with Crippen molar-refractivity contribution in [2.45, 2.75) is 26.7 Å². The minimum absolute atomic E-state index is 0.403. The average molecular weight is 384 g/mol.